The molecule has 0 aliphatic carbocycles. The summed E-state index contributed by atoms with van der Waals surface area (Å²) in [7, 11) is -4.12. The molecule has 8 nitrogen and oxygen atoms in total. The fourth-order valence-corrected chi connectivity index (χ4v) is 1.58. The van der Waals surface area contributed by atoms with Gasteiger partial charge in [-0.2, -0.15) is 12.6 Å². The SMILES string of the molecule is O=S(=O)(O)c1ccc2nc[nH]c2c1.O=S(O)O.[H-].[K+]. The van der Waals surface area contributed by atoms with Crippen LogP contribution in [0.25, 0.3) is 11.0 Å². The van der Waals surface area contributed by atoms with Gasteiger partial charge in [0.05, 0.1) is 22.3 Å². The first-order chi connectivity index (χ1) is 7.80. The van der Waals surface area contributed by atoms with Gasteiger partial charge in [0, 0.05) is 0 Å². The Hall–Kier alpha value is 0.306. The summed E-state index contributed by atoms with van der Waals surface area (Å²) in [6.45, 7) is 0. The van der Waals surface area contributed by atoms with E-state index in [-0.39, 0.29) is 57.7 Å². The van der Waals surface area contributed by atoms with Gasteiger partial charge in [-0.25, -0.2) is 4.98 Å². The van der Waals surface area contributed by atoms with Crippen LogP contribution in [-0.2, 0) is 21.5 Å². The van der Waals surface area contributed by atoms with E-state index in [1.165, 1.54) is 24.5 Å². The third-order valence-corrected chi connectivity index (χ3v) is 2.54. The third kappa shape index (κ3) is 5.97. The molecule has 0 unspecified atom stereocenters. The van der Waals surface area contributed by atoms with Crippen molar-refractivity contribution in [2.24, 2.45) is 0 Å². The van der Waals surface area contributed by atoms with Crippen LogP contribution in [0.4, 0.5) is 0 Å². The van der Waals surface area contributed by atoms with Gasteiger partial charge in [-0.05, 0) is 18.2 Å². The fourth-order valence-electron chi connectivity index (χ4n) is 1.08. The van der Waals surface area contributed by atoms with Crippen LogP contribution < -0.4 is 51.4 Å². The van der Waals surface area contributed by atoms with E-state index in [9.17, 15) is 8.42 Å². The molecule has 11 heteroatoms. The van der Waals surface area contributed by atoms with E-state index in [4.69, 9.17) is 17.9 Å². The van der Waals surface area contributed by atoms with E-state index in [1.807, 2.05) is 0 Å². The van der Waals surface area contributed by atoms with Crippen molar-refractivity contribution in [1.82, 2.24) is 9.97 Å². The first-order valence-corrected chi connectivity index (χ1v) is 6.51. The number of nitrogens with zero attached hydrogens (tertiary/aromatic N) is 1. The van der Waals surface area contributed by atoms with Crippen LogP contribution in [-0.4, -0.2) is 36.3 Å². The van der Waals surface area contributed by atoms with Crippen molar-refractivity contribution in [2.45, 2.75) is 4.90 Å². The van der Waals surface area contributed by atoms with Crippen LogP contribution in [0.15, 0.2) is 29.4 Å². The van der Waals surface area contributed by atoms with Crippen LogP contribution >= 0.6 is 0 Å². The molecule has 0 radical (unpaired) electrons. The molecule has 96 valence electrons. The molecule has 1 aromatic carbocycles. The predicted octanol–water partition coefficient (Wildman–Crippen LogP) is -2.39. The molecule has 1 aromatic heterocycles. The first-order valence-electron chi connectivity index (χ1n) is 4.01. The van der Waals surface area contributed by atoms with Crippen LogP contribution in [0.2, 0.25) is 0 Å². The van der Waals surface area contributed by atoms with E-state index in [1.54, 1.807) is 0 Å². The predicted molar refractivity (Wildman–Crippen MR) is 60.4 cm³/mol. The Labute approximate surface area is 149 Å². The number of imidazole rings is 1. The summed E-state index contributed by atoms with van der Waals surface area (Å²) < 4.78 is 53.0. The Morgan fingerprint density at radius 1 is 1.33 bits per heavy atom. The van der Waals surface area contributed by atoms with Crippen molar-refractivity contribution in [2.75, 3.05) is 0 Å². The molecule has 0 atom stereocenters. The summed E-state index contributed by atoms with van der Waals surface area (Å²) in [5.74, 6) is 0. The zero-order valence-corrected chi connectivity index (χ0v) is 13.9. The molecule has 0 saturated carbocycles. The molecule has 0 spiro atoms. The van der Waals surface area contributed by atoms with Gasteiger partial charge in [0.25, 0.3) is 21.5 Å². The molecule has 2 rings (SSSR count). The summed E-state index contributed by atoms with van der Waals surface area (Å²) in [5, 5.41) is 0. The molecular formula is C7H9KN2O6S2. The average molecular weight is 320 g/mol. The minimum Gasteiger partial charge on any atom is -1.00 e. The quantitative estimate of drug-likeness (QED) is 0.261. The van der Waals surface area contributed by atoms with Crippen LogP contribution in [0.1, 0.15) is 1.43 Å². The van der Waals surface area contributed by atoms with Crippen molar-refractivity contribution < 1.29 is 79.1 Å². The number of fused-ring (bicyclic) bond motifs is 1. The van der Waals surface area contributed by atoms with Gasteiger partial charge in [0.15, 0.2) is 0 Å². The zero-order valence-electron chi connectivity index (χ0n) is 10.1. The number of H-pyrrole nitrogens is 1. The number of nitrogens with one attached hydrogen (secondary N) is 1. The fraction of sp³-hybridized carbons (Fsp3) is 0. The summed E-state index contributed by atoms with van der Waals surface area (Å²) >= 11 is -2.61. The smallest absolute Gasteiger partial charge is 1.00 e. The van der Waals surface area contributed by atoms with Crippen LogP contribution in [0, 0.1) is 0 Å². The van der Waals surface area contributed by atoms with Gasteiger partial charge in [0.1, 0.15) is 0 Å². The Kier molecular flexibility index (Phi) is 7.92. The molecule has 0 aliphatic rings. The summed E-state index contributed by atoms with van der Waals surface area (Å²) in [4.78, 5) is 6.52. The van der Waals surface area contributed by atoms with E-state index < -0.39 is 21.5 Å². The first kappa shape index (κ1) is 18.3. The zero-order chi connectivity index (χ0) is 13.1. The largest absolute Gasteiger partial charge is 1.00 e. The second-order valence-corrected chi connectivity index (χ2v) is 4.67. The summed E-state index contributed by atoms with van der Waals surface area (Å²) in [6.07, 6.45) is 1.46. The maximum Gasteiger partial charge on any atom is 1.00 e. The van der Waals surface area contributed by atoms with E-state index in [0.717, 1.165) is 0 Å². The Morgan fingerprint density at radius 3 is 2.39 bits per heavy atom. The number of aromatic amines is 1. The minimum absolute atomic E-state index is 0. The van der Waals surface area contributed by atoms with Crippen molar-refractivity contribution in [3.05, 3.63) is 24.5 Å². The van der Waals surface area contributed by atoms with Crippen molar-refractivity contribution >= 4 is 32.5 Å². The van der Waals surface area contributed by atoms with Crippen LogP contribution in [0.3, 0.4) is 0 Å². The molecule has 4 N–H and O–H groups in total. The third-order valence-electron chi connectivity index (χ3n) is 1.69. The molecule has 0 aliphatic heterocycles. The summed E-state index contributed by atoms with van der Waals surface area (Å²) in [5.41, 5.74) is 1.24. The van der Waals surface area contributed by atoms with Gasteiger partial charge in [-0.1, -0.05) is 0 Å². The van der Waals surface area contributed by atoms with Gasteiger partial charge < -0.3 is 6.41 Å². The Morgan fingerprint density at radius 2 is 1.89 bits per heavy atom. The minimum atomic E-state index is -4.12. The standard InChI is InChI=1S/C7H6N2O3S.K.H2O3S.H/c10-13(11,12)5-1-2-6-7(3-5)9-4-8-6;;1-4(2)3;/h1-4H,(H,8,9)(H,10,11,12);;(H2,1,2,3);/q;+1;;-1. The molecule has 0 amide bonds. The maximum absolute atomic E-state index is 10.7. The Balaban J connectivity index is 0. The second-order valence-electron chi connectivity index (χ2n) is 2.79. The van der Waals surface area contributed by atoms with E-state index in [2.05, 4.69) is 9.97 Å². The molecule has 0 saturated heterocycles. The summed E-state index contributed by atoms with van der Waals surface area (Å²) in [6, 6.07) is 4.16. The van der Waals surface area contributed by atoms with E-state index >= 15 is 0 Å². The topological polar surface area (TPSA) is 141 Å². The second kappa shape index (κ2) is 7.79. The molecule has 1 heterocycles. The van der Waals surface area contributed by atoms with Gasteiger partial charge in [-0.15, -0.1) is 0 Å². The number of benzene rings is 1. The number of aromatic nitrogens is 2. The van der Waals surface area contributed by atoms with Gasteiger partial charge >= 0.3 is 51.4 Å². The molecular weight excluding hydrogens is 311 g/mol. The number of rotatable bonds is 1. The number of hydrogen-bond donors (Lipinski definition) is 4. The molecule has 0 bridgehead atoms. The van der Waals surface area contributed by atoms with E-state index in [0.29, 0.717) is 11.0 Å². The molecule has 2 aromatic rings. The Bertz CT molecular complexity index is 642. The van der Waals surface area contributed by atoms with Gasteiger partial charge in [-0.3, -0.25) is 13.7 Å². The number of hydrogen-bond acceptors (Lipinski definition) is 4. The van der Waals surface area contributed by atoms with Crippen molar-refractivity contribution in [3.8, 4) is 0 Å². The molecule has 18 heavy (non-hydrogen) atoms. The molecule has 0 fully saturated rings. The van der Waals surface area contributed by atoms with Crippen molar-refractivity contribution in [1.29, 1.82) is 0 Å². The van der Waals surface area contributed by atoms with Crippen molar-refractivity contribution in [3.63, 3.8) is 0 Å². The monoisotopic (exact) mass is 320 g/mol. The van der Waals surface area contributed by atoms with Crippen LogP contribution in [0.5, 0.6) is 0 Å². The maximum atomic E-state index is 10.7. The van der Waals surface area contributed by atoms with Gasteiger partial charge in [0.2, 0.25) is 0 Å². The average Bonchev–Trinajstić information content (AvgIpc) is 2.61. The normalized spacial score (nSPS) is 10.7.